The van der Waals surface area contributed by atoms with E-state index >= 15 is 0 Å². The number of carbonyl (C=O) groups is 1. The highest BCUT2D eigenvalue weighted by molar-refractivity contribution is 5.88. The van der Waals surface area contributed by atoms with Gasteiger partial charge in [-0.25, -0.2) is 0 Å². The Balaban J connectivity index is 1.86. The minimum absolute atomic E-state index is 0.0623. The van der Waals surface area contributed by atoms with E-state index in [1.54, 1.807) is 0 Å². The number of rotatable bonds is 6. The lowest BCUT2D eigenvalue weighted by atomic mass is 10.0. The molecule has 2 N–H and O–H groups in total. The van der Waals surface area contributed by atoms with Crippen LogP contribution in [0.25, 0.3) is 0 Å². The number of hydrogen-bond donors (Lipinski definition) is 2. The Bertz CT molecular complexity index is 477. The summed E-state index contributed by atoms with van der Waals surface area (Å²) in [6, 6.07) is 9.04. The molecule has 0 saturated carbocycles. The lowest BCUT2D eigenvalue weighted by molar-refractivity contribution is -0.122. The Labute approximate surface area is 127 Å². The van der Waals surface area contributed by atoms with Crippen LogP contribution in [0.1, 0.15) is 39.2 Å². The summed E-state index contributed by atoms with van der Waals surface area (Å²) in [5, 5.41) is 6.38. The van der Waals surface area contributed by atoms with E-state index in [1.165, 1.54) is 0 Å². The second-order valence-corrected chi connectivity index (χ2v) is 6.24. The lowest BCUT2D eigenvalue weighted by Crippen LogP contribution is -2.43. The van der Waals surface area contributed by atoms with Gasteiger partial charge in [0.1, 0.15) is 0 Å². The third kappa shape index (κ3) is 3.76. The highest BCUT2D eigenvalue weighted by Crippen LogP contribution is 2.30. The smallest absolute Gasteiger partial charge is 0.229 e. The molecule has 0 saturated heterocycles. The molecule has 1 aliphatic rings. The quantitative estimate of drug-likeness (QED) is 0.845. The Morgan fingerprint density at radius 2 is 1.95 bits per heavy atom. The van der Waals surface area contributed by atoms with Crippen LogP contribution in [0.5, 0.6) is 0 Å². The Morgan fingerprint density at radius 3 is 2.62 bits per heavy atom. The molecule has 4 heteroatoms. The van der Waals surface area contributed by atoms with Crippen LogP contribution < -0.4 is 10.6 Å². The average molecular weight is 289 g/mol. The zero-order valence-corrected chi connectivity index (χ0v) is 13.5. The molecule has 1 unspecified atom stereocenters. The SMILES string of the molecule is CC(C)N(CCNC(=O)C1CNc2ccccc21)C(C)C. The van der Waals surface area contributed by atoms with Gasteiger partial charge in [-0.2, -0.15) is 0 Å². The van der Waals surface area contributed by atoms with Gasteiger partial charge in [0.2, 0.25) is 5.91 Å². The van der Waals surface area contributed by atoms with Gasteiger partial charge < -0.3 is 10.6 Å². The zero-order valence-electron chi connectivity index (χ0n) is 13.5. The fourth-order valence-electron chi connectivity index (χ4n) is 3.06. The maximum Gasteiger partial charge on any atom is 0.229 e. The van der Waals surface area contributed by atoms with Crippen LogP contribution in [0.4, 0.5) is 5.69 Å². The Hall–Kier alpha value is -1.55. The Morgan fingerprint density at radius 1 is 1.29 bits per heavy atom. The van der Waals surface area contributed by atoms with Crippen molar-refractivity contribution >= 4 is 11.6 Å². The molecule has 21 heavy (non-hydrogen) atoms. The van der Waals surface area contributed by atoms with Crippen molar-refractivity contribution in [3.63, 3.8) is 0 Å². The van der Waals surface area contributed by atoms with Crippen LogP contribution in [0.15, 0.2) is 24.3 Å². The average Bonchev–Trinajstić information content (AvgIpc) is 2.86. The summed E-state index contributed by atoms with van der Waals surface area (Å²) in [5.74, 6) is 0.0627. The normalized spacial score (nSPS) is 17.2. The molecule has 0 fully saturated rings. The summed E-state index contributed by atoms with van der Waals surface area (Å²) in [7, 11) is 0. The minimum Gasteiger partial charge on any atom is -0.384 e. The summed E-state index contributed by atoms with van der Waals surface area (Å²) in [4.78, 5) is 14.7. The molecule has 2 rings (SSSR count). The second kappa shape index (κ2) is 6.94. The number of hydrogen-bond acceptors (Lipinski definition) is 3. The topological polar surface area (TPSA) is 44.4 Å². The molecule has 0 spiro atoms. The predicted molar refractivity (Wildman–Crippen MR) is 87.7 cm³/mol. The van der Waals surface area contributed by atoms with E-state index in [0.717, 1.165) is 17.8 Å². The number of amides is 1. The van der Waals surface area contributed by atoms with Gasteiger partial charge in [0.05, 0.1) is 5.92 Å². The van der Waals surface area contributed by atoms with Gasteiger partial charge in [0.25, 0.3) is 0 Å². The highest BCUT2D eigenvalue weighted by atomic mass is 16.1. The molecular weight excluding hydrogens is 262 g/mol. The van der Waals surface area contributed by atoms with E-state index in [2.05, 4.69) is 43.2 Å². The highest BCUT2D eigenvalue weighted by Gasteiger charge is 2.27. The summed E-state index contributed by atoms with van der Waals surface area (Å²) >= 11 is 0. The molecule has 1 aromatic carbocycles. The first kappa shape index (κ1) is 15.8. The largest absolute Gasteiger partial charge is 0.384 e. The minimum atomic E-state index is -0.0623. The van der Waals surface area contributed by atoms with Crippen molar-refractivity contribution in [3.8, 4) is 0 Å². The molecule has 0 bridgehead atoms. The van der Waals surface area contributed by atoms with Crippen molar-refractivity contribution in [2.45, 2.75) is 45.7 Å². The van der Waals surface area contributed by atoms with Crippen molar-refractivity contribution in [2.24, 2.45) is 0 Å². The standard InChI is InChI=1S/C17H27N3O/c1-12(2)20(13(3)4)10-9-18-17(21)15-11-19-16-8-6-5-7-14(15)16/h5-8,12-13,15,19H,9-11H2,1-4H3,(H,18,21). The van der Waals surface area contributed by atoms with E-state index in [-0.39, 0.29) is 11.8 Å². The van der Waals surface area contributed by atoms with Crippen molar-refractivity contribution in [3.05, 3.63) is 29.8 Å². The monoisotopic (exact) mass is 289 g/mol. The van der Waals surface area contributed by atoms with Gasteiger partial charge >= 0.3 is 0 Å². The van der Waals surface area contributed by atoms with Crippen LogP contribution in [0.2, 0.25) is 0 Å². The maximum atomic E-state index is 12.4. The molecule has 1 amide bonds. The number of benzene rings is 1. The first-order valence-electron chi connectivity index (χ1n) is 7.87. The van der Waals surface area contributed by atoms with Gasteiger partial charge in [0, 0.05) is 37.4 Å². The molecule has 1 aromatic rings. The lowest BCUT2D eigenvalue weighted by Gasteiger charge is -2.30. The van der Waals surface area contributed by atoms with Crippen molar-refractivity contribution in [1.82, 2.24) is 10.2 Å². The molecule has 1 atom stereocenters. The van der Waals surface area contributed by atoms with E-state index < -0.39 is 0 Å². The third-order valence-corrected chi connectivity index (χ3v) is 4.15. The summed E-state index contributed by atoms with van der Waals surface area (Å²) < 4.78 is 0. The second-order valence-electron chi connectivity index (χ2n) is 6.24. The predicted octanol–water partition coefficient (Wildman–Crippen LogP) is 2.43. The first-order chi connectivity index (χ1) is 10.0. The fraction of sp³-hybridized carbons (Fsp3) is 0.588. The van der Waals surface area contributed by atoms with E-state index in [1.807, 2.05) is 24.3 Å². The summed E-state index contributed by atoms with van der Waals surface area (Å²) in [6.07, 6.45) is 0. The molecule has 116 valence electrons. The van der Waals surface area contributed by atoms with Crippen molar-refractivity contribution < 1.29 is 4.79 Å². The van der Waals surface area contributed by atoms with Gasteiger partial charge in [-0.05, 0) is 39.3 Å². The molecule has 0 aromatic heterocycles. The number of carbonyl (C=O) groups excluding carboxylic acids is 1. The van der Waals surface area contributed by atoms with Crippen molar-refractivity contribution in [2.75, 3.05) is 25.0 Å². The molecule has 1 heterocycles. The van der Waals surface area contributed by atoms with E-state index in [9.17, 15) is 4.79 Å². The molecule has 0 radical (unpaired) electrons. The number of fused-ring (bicyclic) bond motifs is 1. The number of nitrogens with zero attached hydrogens (tertiary/aromatic N) is 1. The number of anilines is 1. The fourth-order valence-corrected chi connectivity index (χ4v) is 3.06. The molecular formula is C17H27N3O. The van der Waals surface area contributed by atoms with Gasteiger partial charge in [0.15, 0.2) is 0 Å². The third-order valence-electron chi connectivity index (χ3n) is 4.15. The molecule has 1 aliphatic heterocycles. The van der Waals surface area contributed by atoms with Crippen LogP contribution in [-0.2, 0) is 4.79 Å². The number of para-hydroxylation sites is 1. The van der Waals surface area contributed by atoms with Crippen LogP contribution in [0, 0.1) is 0 Å². The number of nitrogens with one attached hydrogen (secondary N) is 2. The van der Waals surface area contributed by atoms with Gasteiger partial charge in [-0.3, -0.25) is 9.69 Å². The van der Waals surface area contributed by atoms with Crippen LogP contribution in [0.3, 0.4) is 0 Å². The zero-order chi connectivity index (χ0) is 15.4. The van der Waals surface area contributed by atoms with Crippen LogP contribution >= 0.6 is 0 Å². The Kier molecular flexibility index (Phi) is 5.23. The van der Waals surface area contributed by atoms with E-state index in [4.69, 9.17) is 0 Å². The van der Waals surface area contributed by atoms with E-state index in [0.29, 0.717) is 25.2 Å². The van der Waals surface area contributed by atoms with Gasteiger partial charge in [-0.15, -0.1) is 0 Å². The van der Waals surface area contributed by atoms with Crippen LogP contribution in [-0.4, -0.2) is 42.5 Å². The first-order valence-corrected chi connectivity index (χ1v) is 7.87. The summed E-state index contributed by atoms with van der Waals surface area (Å²) in [5.41, 5.74) is 2.20. The maximum absolute atomic E-state index is 12.4. The molecule has 0 aliphatic carbocycles. The summed E-state index contributed by atoms with van der Waals surface area (Å²) in [6.45, 7) is 11.1. The van der Waals surface area contributed by atoms with Gasteiger partial charge in [-0.1, -0.05) is 18.2 Å². The molecule has 4 nitrogen and oxygen atoms in total. The van der Waals surface area contributed by atoms with Crippen molar-refractivity contribution in [1.29, 1.82) is 0 Å².